The highest BCUT2D eigenvalue weighted by Crippen LogP contribution is 2.40. The van der Waals surface area contributed by atoms with Crippen LogP contribution in [0.5, 0.6) is 0 Å². The van der Waals surface area contributed by atoms with Gasteiger partial charge in [-0.2, -0.15) is 0 Å². The fourth-order valence-corrected chi connectivity index (χ4v) is 4.34. The number of likely N-dealkylation sites (tertiary alicyclic amines) is 1. The largest absolute Gasteiger partial charge is 0.450 e. The van der Waals surface area contributed by atoms with Gasteiger partial charge in [-0.15, -0.1) is 0 Å². The van der Waals surface area contributed by atoms with Gasteiger partial charge in [0.25, 0.3) is 0 Å². The second kappa shape index (κ2) is 9.03. The van der Waals surface area contributed by atoms with Crippen molar-refractivity contribution in [1.29, 1.82) is 0 Å². The molecule has 1 aliphatic heterocycles. The van der Waals surface area contributed by atoms with Crippen molar-refractivity contribution in [3.8, 4) is 0 Å². The summed E-state index contributed by atoms with van der Waals surface area (Å²) in [6, 6.07) is 22.4. The van der Waals surface area contributed by atoms with E-state index in [0.29, 0.717) is 30.4 Å². The molecule has 0 saturated carbocycles. The summed E-state index contributed by atoms with van der Waals surface area (Å²) in [5, 5.41) is 0. The molecule has 4 rings (SSSR count). The normalized spacial score (nSPS) is 16.1. The van der Waals surface area contributed by atoms with E-state index in [2.05, 4.69) is 11.9 Å². The van der Waals surface area contributed by atoms with Crippen molar-refractivity contribution in [2.75, 3.05) is 20.1 Å². The van der Waals surface area contributed by atoms with Gasteiger partial charge < -0.3 is 9.64 Å². The number of esters is 1. The molecule has 0 amide bonds. The van der Waals surface area contributed by atoms with Crippen molar-refractivity contribution in [2.45, 2.75) is 31.8 Å². The lowest BCUT2D eigenvalue weighted by Crippen LogP contribution is -2.44. The third kappa shape index (κ3) is 4.70. The van der Waals surface area contributed by atoms with Crippen LogP contribution >= 0.6 is 0 Å². The number of rotatable bonds is 5. The van der Waals surface area contributed by atoms with Crippen LogP contribution in [0.25, 0.3) is 0 Å². The third-order valence-electron chi connectivity index (χ3n) is 6.19. The van der Waals surface area contributed by atoms with E-state index in [1.807, 2.05) is 61.5 Å². The average Bonchev–Trinajstić information content (AvgIpc) is 2.78. The molecule has 160 valence electrons. The van der Waals surface area contributed by atoms with E-state index < -0.39 is 5.60 Å². The zero-order valence-corrected chi connectivity index (χ0v) is 18.1. The number of hydrogen-bond acceptors (Lipinski definition) is 3. The number of halogens is 1. The minimum atomic E-state index is -0.725. The molecular weight excluding hydrogens is 389 g/mol. The van der Waals surface area contributed by atoms with E-state index in [4.69, 9.17) is 4.74 Å². The molecular formula is C27H28FNO2. The number of aryl methyl sites for hydroxylation is 1. The van der Waals surface area contributed by atoms with E-state index in [0.717, 1.165) is 29.8 Å². The van der Waals surface area contributed by atoms with Gasteiger partial charge in [0, 0.05) is 32.4 Å². The lowest BCUT2D eigenvalue weighted by Gasteiger charge is -2.41. The average molecular weight is 418 g/mol. The van der Waals surface area contributed by atoms with Crippen LogP contribution in [-0.2, 0) is 16.8 Å². The fraction of sp³-hybridized carbons (Fsp3) is 0.296. The number of nitrogens with zero attached hydrogens (tertiary/aromatic N) is 1. The molecule has 1 fully saturated rings. The first-order chi connectivity index (χ1) is 15.0. The molecule has 4 heteroatoms. The molecule has 3 aromatic rings. The Hall–Kier alpha value is -2.98. The summed E-state index contributed by atoms with van der Waals surface area (Å²) in [6.45, 7) is 3.54. The van der Waals surface area contributed by atoms with Crippen LogP contribution in [0.2, 0.25) is 0 Å². The highest BCUT2D eigenvalue weighted by Gasteiger charge is 2.40. The monoisotopic (exact) mass is 417 g/mol. The first kappa shape index (κ1) is 21.3. The number of carbonyl (C=O) groups is 1. The zero-order valence-electron chi connectivity index (χ0n) is 18.1. The van der Waals surface area contributed by atoms with E-state index in [1.165, 1.54) is 0 Å². The van der Waals surface area contributed by atoms with Gasteiger partial charge in [-0.3, -0.25) is 0 Å². The topological polar surface area (TPSA) is 29.5 Å². The summed E-state index contributed by atoms with van der Waals surface area (Å²) in [6.07, 6.45) is 1.87. The molecule has 3 nitrogen and oxygen atoms in total. The quantitative estimate of drug-likeness (QED) is 0.513. The number of carbonyl (C=O) groups excluding carboxylic acids is 1. The highest BCUT2D eigenvalue weighted by atomic mass is 19.1. The Morgan fingerprint density at radius 3 is 2.35 bits per heavy atom. The summed E-state index contributed by atoms with van der Waals surface area (Å²) in [7, 11) is 2.08. The van der Waals surface area contributed by atoms with Crippen LogP contribution in [0.15, 0.2) is 72.8 Å². The molecule has 0 aromatic heterocycles. The molecule has 31 heavy (non-hydrogen) atoms. The lowest BCUT2D eigenvalue weighted by molar-refractivity contribution is -0.0527. The number of hydrogen-bond donors (Lipinski definition) is 0. The predicted molar refractivity (Wildman–Crippen MR) is 121 cm³/mol. The molecule has 1 heterocycles. The Balaban J connectivity index is 1.71. The maximum atomic E-state index is 14.6. The molecule has 1 saturated heterocycles. The second-order valence-corrected chi connectivity index (χ2v) is 8.48. The summed E-state index contributed by atoms with van der Waals surface area (Å²) < 4.78 is 20.9. The van der Waals surface area contributed by atoms with Gasteiger partial charge in [-0.1, -0.05) is 54.6 Å². The molecule has 1 aliphatic rings. The molecule has 0 bridgehead atoms. The van der Waals surface area contributed by atoms with Gasteiger partial charge in [-0.05, 0) is 54.4 Å². The molecule has 0 aliphatic carbocycles. The minimum Gasteiger partial charge on any atom is -0.450 e. The maximum absolute atomic E-state index is 14.6. The molecule has 0 spiro atoms. The fourth-order valence-electron chi connectivity index (χ4n) is 4.34. The van der Waals surface area contributed by atoms with E-state index >= 15 is 0 Å². The van der Waals surface area contributed by atoms with Gasteiger partial charge in [0.2, 0.25) is 0 Å². The number of ether oxygens (including phenoxy) is 1. The Bertz CT molecular complexity index is 1060. The van der Waals surface area contributed by atoms with Crippen LogP contribution in [0.4, 0.5) is 4.39 Å². The summed E-state index contributed by atoms with van der Waals surface area (Å²) in [4.78, 5) is 15.3. The van der Waals surface area contributed by atoms with Crippen LogP contribution < -0.4 is 0 Å². The van der Waals surface area contributed by atoms with Crippen LogP contribution in [0, 0.1) is 12.7 Å². The van der Waals surface area contributed by atoms with Crippen molar-refractivity contribution in [3.63, 3.8) is 0 Å². The van der Waals surface area contributed by atoms with Gasteiger partial charge in [0.05, 0.1) is 5.56 Å². The Labute approximate surface area is 183 Å². The molecule has 0 atom stereocenters. The molecule has 0 radical (unpaired) electrons. The second-order valence-electron chi connectivity index (χ2n) is 8.48. The van der Waals surface area contributed by atoms with Crippen molar-refractivity contribution >= 4 is 5.97 Å². The van der Waals surface area contributed by atoms with E-state index in [-0.39, 0.29) is 11.8 Å². The van der Waals surface area contributed by atoms with Crippen molar-refractivity contribution in [1.82, 2.24) is 4.90 Å². The maximum Gasteiger partial charge on any atom is 0.339 e. The zero-order chi connectivity index (χ0) is 21.8. The summed E-state index contributed by atoms with van der Waals surface area (Å²) in [5.74, 6) is -0.519. The molecule has 3 aromatic carbocycles. The first-order valence-corrected chi connectivity index (χ1v) is 10.8. The highest BCUT2D eigenvalue weighted by molar-refractivity contribution is 5.89. The Morgan fingerprint density at radius 2 is 1.65 bits per heavy atom. The van der Waals surface area contributed by atoms with Crippen LogP contribution in [0.1, 0.15) is 45.5 Å². The summed E-state index contributed by atoms with van der Waals surface area (Å²) >= 11 is 0. The summed E-state index contributed by atoms with van der Waals surface area (Å²) in [5.41, 5.74) is 3.34. The van der Waals surface area contributed by atoms with E-state index in [9.17, 15) is 9.18 Å². The SMILES string of the molecule is Cc1ccc(Cc2ccccc2C2(OC(=O)c3ccccc3)CCN(C)CC2)c(F)c1. The standard InChI is InChI=1S/C27H28FNO2/c1-20-12-13-23(25(28)18-20)19-22-10-6-7-11-24(22)27(14-16-29(2)17-15-27)31-26(30)21-8-4-3-5-9-21/h3-13,18H,14-17,19H2,1-2H3. The smallest absolute Gasteiger partial charge is 0.339 e. The van der Waals surface area contributed by atoms with Crippen molar-refractivity contribution in [3.05, 3.63) is 106 Å². The van der Waals surface area contributed by atoms with Crippen molar-refractivity contribution in [2.24, 2.45) is 0 Å². The van der Waals surface area contributed by atoms with Crippen LogP contribution in [0.3, 0.4) is 0 Å². The van der Waals surface area contributed by atoms with Crippen LogP contribution in [-0.4, -0.2) is 31.0 Å². The first-order valence-electron chi connectivity index (χ1n) is 10.8. The van der Waals surface area contributed by atoms with E-state index in [1.54, 1.807) is 18.2 Å². The van der Waals surface area contributed by atoms with Crippen molar-refractivity contribution < 1.29 is 13.9 Å². The Kier molecular flexibility index (Phi) is 6.19. The number of piperidine rings is 1. The van der Waals surface area contributed by atoms with Gasteiger partial charge >= 0.3 is 5.97 Å². The van der Waals surface area contributed by atoms with Gasteiger partial charge in [-0.25, -0.2) is 9.18 Å². The third-order valence-corrected chi connectivity index (χ3v) is 6.19. The van der Waals surface area contributed by atoms with Gasteiger partial charge in [0.15, 0.2) is 0 Å². The Morgan fingerprint density at radius 1 is 0.968 bits per heavy atom. The molecule has 0 N–H and O–H groups in total. The lowest BCUT2D eigenvalue weighted by atomic mass is 9.80. The minimum absolute atomic E-state index is 0.200. The predicted octanol–water partition coefficient (Wildman–Crippen LogP) is 5.50. The van der Waals surface area contributed by atoms with Gasteiger partial charge in [0.1, 0.15) is 11.4 Å². The number of benzene rings is 3. The molecule has 0 unspecified atom stereocenters.